The van der Waals surface area contributed by atoms with Crippen LogP contribution in [0.5, 0.6) is 5.75 Å². The third-order valence-electron chi connectivity index (χ3n) is 4.15. The largest absolute Gasteiger partial charge is 0.496 e. The maximum absolute atomic E-state index is 11.8. The minimum atomic E-state index is -3.42. The molecule has 0 atom stereocenters. The van der Waals surface area contributed by atoms with Crippen molar-refractivity contribution in [3.05, 3.63) is 59.7 Å². The summed E-state index contributed by atoms with van der Waals surface area (Å²) < 4.78 is 31.2. The van der Waals surface area contributed by atoms with Crippen LogP contribution in [0.25, 0.3) is 0 Å². The molecule has 0 aliphatic carbocycles. The molecule has 0 saturated heterocycles. The number of rotatable bonds is 9. The molecule has 0 amide bonds. The van der Waals surface area contributed by atoms with E-state index < -0.39 is 10.0 Å². The van der Waals surface area contributed by atoms with Crippen molar-refractivity contribution in [1.29, 1.82) is 0 Å². The number of hydrogen-bond donors (Lipinski definition) is 3. The van der Waals surface area contributed by atoms with E-state index in [-0.39, 0.29) is 28.9 Å². The number of nitrogens with zero attached hydrogens (tertiary/aromatic N) is 1. The Morgan fingerprint density at radius 3 is 2.38 bits per heavy atom. The van der Waals surface area contributed by atoms with Gasteiger partial charge < -0.3 is 15.4 Å². The number of guanidine groups is 1. The highest BCUT2D eigenvalue weighted by Gasteiger charge is 2.10. The quantitative estimate of drug-likeness (QED) is 0.262. The van der Waals surface area contributed by atoms with E-state index in [1.807, 2.05) is 31.2 Å². The monoisotopic (exact) mass is 532 g/mol. The number of ether oxygens (including phenoxy) is 1. The van der Waals surface area contributed by atoms with Crippen molar-refractivity contribution in [2.75, 3.05) is 27.2 Å². The number of para-hydroxylation sites is 1. The average Bonchev–Trinajstić information content (AvgIpc) is 2.72. The molecule has 0 bridgehead atoms. The van der Waals surface area contributed by atoms with Crippen molar-refractivity contribution in [2.24, 2.45) is 4.99 Å². The molecule has 29 heavy (non-hydrogen) atoms. The van der Waals surface area contributed by atoms with E-state index in [9.17, 15) is 8.42 Å². The first-order chi connectivity index (χ1) is 13.5. The third-order valence-corrected chi connectivity index (χ3v) is 5.58. The second-order valence-electron chi connectivity index (χ2n) is 6.04. The summed E-state index contributed by atoms with van der Waals surface area (Å²) in [6.45, 7) is 3.92. The zero-order valence-corrected chi connectivity index (χ0v) is 20.1. The summed E-state index contributed by atoms with van der Waals surface area (Å²) in [6, 6.07) is 14.6. The minimum absolute atomic E-state index is 0. The second kappa shape index (κ2) is 12.7. The summed E-state index contributed by atoms with van der Waals surface area (Å²) >= 11 is 0. The maximum atomic E-state index is 11.8. The van der Waals surface area contributed by atoms with Crippen molar-refractivity contribution in [3.63, 3.8) is 0 Å². The Labute approximate surface area is 190 Å². The lowest BCUT2D eigenvalue weighted by atomic mass is 10.1. The fourth-order valence-electron chi connectivity index (χ4n) is 2.63. The van der Waals surface area contributed by atoms with Crippen molar-refractivity contribution in [3.8, 4) is 5.75 Å². The number of sulfonamides is 1. The molecule has 0 spiro atoms. The highest BCUT2D eigenvalue weighted by atomic mass is 127. The van der Waals surface area contributed by atoms with Crippen LogP contribution in [0.3, 0.4) is 0 Å². The number of nitrogens with one attached hydrogen (secondary N) is 3. The molecule has 0 heterocycles. The van der Waals surface area contributed by atoms with E-state index >= 15 is 0 Å². The summed E-state index contributed by atoms with van der Waals surface area (Å²) in [7, 11) is -0.352. The molecule has 2 rings (SSSR count). The lowest BCUT2D eigenvalue weighted by molar-refractivity contribution is 0.409. The highest BCUT2D eigenvalue weighted by Crippen LogP contribution is 2.17. The van der Waals surface area contributed by atoms with Gasteiger partial charge in [0, 0.05) is 13.1 Å². The molecule has 0 aliphatic rings. The van der Waals surface area contributed by atoms with Gasteiger partial charge in [-0.05, 0) is 49.7 Å². The van der Waals surface area contributed by atoms with Crippen LogP contribution in [0.15, 0.2) is 58.4 Å². The standard InChI is InChI=1S/C20H28N4O3S.HI/c1-4-22-20(23-14-13-17-7-5-6-8-19(17)27-3)24-15-16-9-11-18(12-10-16)28(25,26)21-2;/h5-12,21H,4,13-15H2,1-3H3,(H2,22,23,24);1H. The van der Waals surface area contributed by atoms with Crippen LogP contribution >= 0.6 is 24.0 Å². The molecule has 0 aliphatic heterocycles. The maximum Gasteiger partial charge on any atom is 0.240 e. The molecule has 0 saturated carbocycles. The summed E-state index contributed by atoms with van der Waals surface area (Å²) in [5.41, 5.74) is 2.06. The zero-order valence-electron chi connectivity index (χ0n) is 16.9. The number of halogens is 1. The SMILES string of the molecule is CCNC(=NCc1ccc(S(=O)(=O)NC)cc1)NCCc1ccccc1OC.I. The Morgan fingerprint density at radius 2 is 1.76 bits per heavy atom. The predicted octanol–water partition coefficient (Wildman–Crippen LogP) is 2.52. The number of aliphatic imine (C=N–C) groups is 1. The van der Waals surface area contributed by atoms with Crippen molar-refractivity contribution in [2.45, 2.75) is 24.8 Å². The van der Waals surface area contributed by atoms with E-state index in [4.69, 9.17) is 4.74 Å². The van der Waals surface area contributed by atoms with Gasteiger partial charge in [-0.2, -0.15) is 0 Å². The van der Waals surface area contributed by atoms with Gasteiger partial charge in [-0.1, -0.05) is 30.3 Å². The molecular weight excluding hydrogens is 503 g/mol. The molecule has 2 aromatic carbocycles. The number of hydrogen-bond acceptors (Lipinski definition) is 4. The third kappa shape index (κ3) is 7.82. The fraction of sp³-hybridized carbons (Fsp3) is 0.350. The summed E-state index contributed by atoms with van der Waals surface area (Å²) in [6.07, 6.45) is 0.811. The Morgan fingerprint density at radius 1 is 1.07 bits per heavy atom. The van der Waals surface area contributed by atoms with Crippen LogP contribution in [-0.2, 0) is 23.0 Å². The van der Waals surface area contributed by atoms with Crippen LogP contribution < -0.4 is 20.1 Å². The van der Waals surface area contributed by atoms with Gasteiger partial charge in [-0.3, -0.25) is 0 Å². The van der Waals surface area contributed by atoms with Gasteiger partial charge in [0.1, 0.15) is 5.75 Å². The molecule has 160 valence electrons. The smallest absolute Gasteiger partial charge is 0.240 e. The van der Waals surface area contributed by atoms with Crippen molar-refractivity contribution in [1.82, 2.24) is 15.4 Å². The first kappa shape index (κ1) is 25.2. The molecule has 0 radical (unpaired) electrons. The van der Waals surface area contributed by atoms with E-state index in [1.165, 1.54) is 7.05 Å². The predicted molar refractivity (Wildman–Crippen MR) is 128 cm³/mol. The van der Waals surface area contributed by atoms with Gasteiger partial charge in [0.25, 0.3) is 0 Å². The van der Waals surface area contributed by atoms with E-state index in [0.717, 1.165) is 29.8 Å². The van der Waals surface area contributed by atoms with Gasteiger partial charge in [0.15, 0.2) is 5.96 Å². The van der Waals surface area contributed by atoms with Crippen molar-refractivity contribution < 1.29 is 13.2 Å². The molecule has 0 unspecified atom stereocenters. The average molecular weight is 532 g/mol. The second-order valence-corrected chi connectivity index (χ2v) is 7.92. The van der Waals surface area contributed by atoms with Gasteiger partial charge in [0.2, 0.25) is 10.0 Å². The Hall–Kier alpha value is -1.85. The summed E-state index contributed by atoms with van der Waals surface area (Å²) in [4.78, 5) is 4.81. The molecule has 7 nitrogen and oxygen atoms in total. The lowest BCUT2D eigenvalue weighted by Crippen LogP contribution is -2.38. The molecule has 2 aromatic rings. The van der Waals surface area contributed by atoms with Crippen LogP contribution in [0, 0.1) is 0 Å². The van der Waals surface area contributed by atoms with Crippen LogP contribution in [-0.4, -0.2) is 41.6 Å². The Balaban J connectivity index is 0.00000420. The zero-order chi connectivity index (χ0) is 20.4. The van der Waals surface area contributed by atoms with Gasteiger partial charge >= 0.3 is 0 Å². The molecule has 0 fully saturated rings. The minimum Gasteiger partial charge on any atom is -0.496 e. The first-order valence-electron chi connectivity index (χ1n) is 9.16. The van der Waals surface area contributed by atoms with E-state index in [2.05, 4.69) is 20.3 Å². The van der Waals surface area contributed by atoms with Crippen molar-refractivity contribution >= 4 is 40.0 Å². The Bertz CT molecular complexity index is 887. The van der Waals surface area contributed by atoms with Gasteiger partial charge in [-0.15, -0.1) is 24.0 Å². The molecule has 3 N–H and O–H groups in total. The van der Waals surface area contributed by atoms with Crippen LogP contribution in [0.2, 0.25) is 0 Å². The first-order valence-corrected chi connectivity index (χ1v) is 10.6. The topological polar surface area (TPSA) is 91.8 Å². The fourth-order valence-corrected chi connectivity index (χ4v) is 3.36. The van der Waals surface area contributed by atoms with E-state index in [0.29, 0.717) is 19.0 Å². The lowest BCUT2D eigenvalue weighted by Gasteiger charge is -2.13. The number of benzene rings is 2. The Kier molecular flexibility index (Phi) is 11.0. The van der Waals surface area contributed by atoms with Crippen LogP contribution in [0.4, 0.5) is 0 Å². The van der Waals surface area contributed by atoms with Crippen LogP contribution in [0.1, 0.15) is 18.1 Å². The summed E-state index contributed by atoms with van der Waals surface area (Å²) in [5, 5.41) is 6.53. The van der Waals surface area contributed by atoms with Gasteiger partial charge in [-0.25, -0.2) is 18.1 Å². The highest BCUT2D eigenvalue weighted by molar-refractivity contribution is 14.0. The normalized spacial score (nSPS) is 11.5. The van der Waals surface area contributed by atoms with Gasteiger partial charge in [0.05, 0.1) is 18.6 Å². The molecular formula is C20H29IN4O3S. The van der Waals surface area contributed by atoms with E-state index in [1.54, 1.807) is 31.4 Å². The number of methoxy groups -OCH3 is 1. The molecule has 0 aromatic heterocycles. The molecule has 9 heteroatoms. The summed E-state index contributed by atoms with van der Waals surface area (Å²) in [5.74, 6) is 1.59.